The predicted molar refractivity (Wildman–Crippen MR) is 126 cm³/mol. The summed E-state index contributed by atoms with van der Waals surface area (Å²) in [4.78, 5) is 14.5. The maximum Gasteiger partial charge on any atom is 0.341 e. The van der Waals surface area contributed by atoms with Crippen LogP contribution in [0, 0.1) is 0 Å². The largest absolute Gasteiger partial charge is 0.497 e. The molecule has 2 amide bonds. The van der Waals surface area contributed by atoms with E-state index in [9.17, 15) is 4.79 Å². The van der Waals surface area contributed by atoms with Crippen LogP contribution >= 0.6 is 0 Å². The molecule has 1 aromatic heterocycles. The summed E-state index contributed by atoms with van der Waals surface area (Å²) in [5, 5.41) is 17.7. The second-order valence-corrected chi connectivity index (χ2v) is 8.50. The summed E-state index contributed by atoms with van der Waals surface area (Å²) >= 11 is 0. The molecular formula is C23H27N7O5. The van der Waals surface area contributed by atoms with E-state index in [-0.39, 0.29) is 36.3 Å². The number of tetrazole rings is 1. The van der Waals surface area contributed by atoms with Crippen molar-refractivity contribution in [3.05, 3.63) is 48.5 Å². The van der Waals surface area contributed by atoms with Crippen LogP contribution in [0.4, 0.5) is 16.2 Å². The maximum atomic E-state index is 12.5. The predicted octanol–water partition coefficient (Wildman–Crippen LogP) is 2.07. The van der Waals surface area contributed by atoms with Gasteiger partial charge in [-0.05, 0) is 46.8 Å². The van der Waals surface area contributed by atoms with Gasteiger partial charge in [0.05, 0.1) is 26.4 Å². The molecule has 12 heteroatoms. The number of amides is 2. The van der Waals surface area contributed by atoms with Crippen LogP contribution in [0.3, 0.4) is 0 Å². The highest BCUT2D eigenvalue weighted by Gasteiger charge is 2.50. The molecule has 2 fully saturated rings. The number of rotatable bonds is 7. The lowest BCUT2D eigenvalue weighted by atomic mass is 10.1. The van der Waals surface area contributed by atoms with Gasteiger partial charge in [-0.2, -0.15) is 4.68 Å². The Morgan fingerprint density at radius 2 is 1.89 bits per heavy atom. The van der Waals surface area contributed by atoms with Gasteiger partial charge in [0.25, 0.3) is 0 Å². The number of ether oxygens (including phenoxy) is 4. The highest BCUT2D eigenvalue weighted by atomic mass is 16.6. The molecule has 4 atom stereocenters. The standard InChI is InChI=1S/C23H27N7O5/c1-29(2)15-5-4-6-17(11-15)35-23-26-27-28-30(23)19-13-34-20-18(12-33-21(19)20)25-22(31)24-14-7-9-16(32-3)10-8-14/h4-11,18-21H,12-13H2,1-3H3,(H2,24,25,31)/t18-,19+,20-,21+/m0/s1. The molecule has 3 heterocycles. The van der Waals surface area contributed by atoms with E-state index < -0.39 is 0 Å². The van der Waals surface area contributed by atoms with Crippen molar-refractivity contribution < 1.29 is 23.7 Å². The molecule has 12 nitrogen and oxygen atoms in total. The Labute approximate surface area is 202 Å². The zero-order chi connectivity index (χ0) is 24.4. The zero-order valence-corrected chi connectivity index (χ0v) is 19.6. The highest BCUT2D eigenvalue weighted by Crippen LogP contribution is 2.36. The SMILES string of the molecule is COc1ccc(NC(=O)N[C@H]2CO[C@H]3[C@H]2OC[C@H]3n2nnnc2Oc2cccc(N(C)C)c2)cc1. The van der Waals surface area contributed by atoms with Gasteiger partial charge in [-0.25, -0.2) is 4.79 Å². The summed E-state index contributed by atoms with van der Waals surface area (Å²) in [7, 11) is 5.50. The first-order valence-electron chi connectivity index (χ1n) is 11.2. The second kappa shape index (κ2) is 9.76. The molecule has 3 aromatic rings. The van der Waals surface area contributed by atoms with E-state index in [4.69, 9.17) is 18.9 Å². The molecule has 5 rings (SSSR count). The minimum atomic E-state index is -0.344. The first kappa shape index (κ1) is 22.9. The molecule has 0 spiro atoms. The Balaban J connectivity index is 1.22. The Hall–Kier alpha value is -3.90. The monoisotopic (exact) mass is 481 g/mol. The van der Waals surface area contributed by atoms with Gasteiger partial charge in [0.1, 0.15) is 29.7 Å². The van der Waals surface area contributed by atoms with Crippen molar-refractivity contribution >= 4 is 17.4 Å². The Kier molecular flexibility index (Phi) is 6.38. The minimum absolute atomic E-state index is 0.243. The third kappa shape index (κ3) is 4.84. The normalized spacial score (nSPS) is 22.9. The third-order valence-electron chi connectivity index (χ3n) is 6.01. The fourth-order valence-electron chi connectivity index (χ4n) is 4.21. The van der Waals surface area contributed by atoms with E-state index in [1.54, 1.807) is 36.1 Å². The number of hydrogen-bond acceptors (Lipinski definition) is 9. The minimum Gasteiger partial charge on any atom is -0.497 e. The number of hydrogen-bond donors (Lipinski definition) is 2. The summed E-state index contributed by atoms with van der Waals surface area (Å²) < 4.78 is 24.7. The van der Waals surface area contributed by atoms with Gasteiger partial charge in [-0.1, -0.05) is 11.2 Å². The average molecular weight is 482 g/mol. The van der Waals surface area contributed by atoms with Crippen LogP contribution in [0.1, 0.15) is 6.04 Å². The fourth-order valence-corrected chi connectivity index (χ4v) is 4.21. The summed E-state index contributed by atoms with van der Waals surface area (Å²) in [6.45, 7) is 0.637. The number of nitrogens with one attached hydrogen (secondary N) is 2. The van der Waals surface area contributed by atoms with Crippen molar-refractivity contribution in [2.75, 3.05) is 44.6 Å². The lowest BCUT2D eigenvalue weighted by Gasteiger charge is -2.18. The van der Waals surface area contributed by atoms with Crippen molar-refractivity contribution in [3.63, 3.8) is 0 Å². The molecule has 2 saturated heterocycles. The van der Waals surface area contributed by atoms with Gasteiger partial charge in [0.2, 0.25) is 0 Å². The van der Waals surface area contributed by atoms with Crippen LogP contribution in [-0.4, -0.2) is 78.9 Å². The average Bonchev–Trinajstić information content (AvgIpc) is 3.58. The molecule has 2 aromatic carbocycles. The molecule has 0 aliphatic carbocycles. The lowest BCUT2D eigenvalue weighted by molar-refractivity contribution is 0.0613. The van der Waals surface area contributed by atoms with Crippen molar-refractivity contribution in [2.45, 2.75) is 24.3 Å². The van der Waals surface area contributed by atoms with Gasteiger partial charge in [0.15, 0.2) is 0 Å². The van der Waals surface area contributed by atoms with E-state index in [2.05, 4.69) is 26.2 Å². The number of carbonyl (C=O) groups is 1. The molecule has 0 saturated carbocycles. The molecule has 2 aliphatic heterocycles. The summed E-state index contributed by atoms with van der Waals surface area (Å²) in [5.41, 5.74) is 1.64. The second-order valence-electron chi connectivity index (χ2n) is 8.50. The van der Waals surface area contributed by atoms with Gasteiger partial charge in [-0.15, -0.1) is 0 Å². The van der Waals surface area contributed by atoms with Crippen LogP contribution in [0.25, 0.3) is 0 Å². The van der Waals surface area contributed by atoms with Gasteiger partial charge in [-0.3, -0.25) is 0 Å². The number of carbonyl (C=O) groups excluding carboxylic acids is 1. The van der Waals surface area contributed by atoms with Crippen LogP contribution in [0.15, 0.2) is 48.5 Å². The molecule has 2 aliphatic rings. The van der Waals surface area contributed by atoms with Crippen LogP contribution in [0.5, 0.6) is 17.5 Å². The van der Waals surface area contributed by atoms with Crippen LogP contribution < -0.4 is 25.0 Å². The third-order valence-corrected chi connectivity index (χ3v) is 6.01. The number of nitrogens with zero attached hydrogens (tertiary/aromatic N) is 5. The topological polar surface area (TPSA) is 125 Å². The van der Waals surface area contributed by atoms with Crippen molar-refractivity contribution in [3.8, 4) is 17.5 Å². The molecule has 0 radical (unpaired) electrons. The molecule has 2 N–H and O–H groups in total. The first-order chi connectivity index (χ1) is 17.0. The summed E-state index contributed by atoms with van der Waals surface area (Å²) in [5.74, 6) is 1.33. The van der Waals surface area contributed by atoms with E-state index in [0.717, 1.165) is 5.69 Å². The molecule has 35 heavy (non-hydrogen) atoms. The number of methoxy groups -OCH3 is 1. The number of urea groups is 1. The van der Waals surface area contributed by atoms with E-state index in [0.29, 0.717) is 30.4 Å². The molecular weight excluding hydrogens is 454 g/mol. The Bertz CT molecular complexity index is 1170. The molecule has 0 unspecified atom stereocenters. The summed E-state index contributed by atoms with van der Waals surface area (Å²) in [6.07, 6.45) is -0.670. The number of fused-ring (bicyclic) bond motifs is 1. The van der Waals surface area contributed by atoms with Crippen LogP contribution in [-0.2, 0) is 9.47 Å². The van der Waals surface area contributed by atoms with E-state index in [1.807, 2.05) is 43.3 Å². The van der Waals surface area contributed by atoms with Crippen molar-refractivity contribution in [1.29, 1.82) is 0 Å². The fraction of sp³-hybridized carbons (Fsp3) is 0.391. The smallest absolute Gasteiger partial charge is 0.341 e. The quantitative estimate of drug-likeness (QED) is 0.522. The van der Waals surface area contributed by atoms with E-state index >= 15 is 0 Å². The number of benzene rings is 2. The molecule has 184 valence electrons. The van der Waals surface area contributed by atoms with Gasteiger partial charge < -0.3 is 34.5 Å². The van der Waals surface area contributed by atoms with Crippen molar-refractivity contribution in [2.24, 2.45) is 0 Å². The Morgan fingerprint density at radius 1 is 1.09 bits per heavy atom. The number of anilines is 2. The highest BCUT2D eigenvalue weighted by molar-refractivity contribution is 5.89. The zero-order valence-electron chi connectivity index (χ0n) is 19.6. The van der Waals surface area contributed by atoms with Gasteiger partial charge in [0, 0.05) is 31.5 Å². The lowest BCUT2D eigenvalue weighted by Crippen LogP contribution is -2.45. The molecule has 0 bridgehead atoms. The van der Waals surface area contributed by atoms with E-state index in [1.165, 1.54) is 0 Å². The number of aromatic nitrogens is 4. The summed E-state index contributed by atoms with van der Waals surface area (Å²) in [6, 6.07) is 14.0. The first-order valence-corrected chi connectivity index (χ1v) is 11.2. The van der Waals surface area contributed by atoms with Crippen molar-refractivity contribution in [1.82, 2.24) is 25.5 Å². The van der Waals surface area contributed by atoms with Crippen LogP contribution in [0.2, 0.25) is 0 Å². The Morgan fingerprint density at radius 3 is 2.66 bits per heavy atom. The van der Waals surface area contributed by atoms with Gasteiger partial charge >= 0.3 is 12.0 Å². The maximum absolute atomic E-state index is 12.5.